The van der Waals surface area contributed by atoms with E-state index in [-0.39, 0.29) is 17.4 Å². The third-order valence-electron chi connectivity index (χ3n) is 4.15. The molecule has 0 saturated carbocycles. The van der Waals surface area contributed by atoms with E-state index in [0.29, 0.717) is 18.8 Å². The zero-order valence-electron chi connectivity index (χ0n) is 11.8. The van der Waals surface area contributed by atoms with Crippen molar-refractivity contribution in [2.45, 2.75) is 12.3 Å². The van der Waals surface area contributed by atoms with Crippen molar-refractivity contribution in [2.75, 3.05) is 13.1 Å². The molecule has 112 valence electrons. The Morgan fingerprint density at radius 1 is 1.32 bits per heavy atom. The van der Waals surface area contributed by atoms with Crippen LogP contribution < -0.4 is 5.56 Å². The molecule has 0 spiro atoms. The third-order valence-corrected chi connectivity index (χ3v) is 4.15. The number of carbonyl (C=O) groups is 1. The quantitative estimate of drug-likeness (QED) is 0.663. The molecule has 0 aliphatic carbocycles. The summed E-state index contributed by atoms with van der Waals surface area (Å²) in [5, 5.41) is 6.34. The van der Waals surface area contributed by atoms with Crippen molar-refractivity contribution in [1.29, 1.82) is 0 Å². The van der Waals surface area contributed by atoms with Gasteiger partial charge in [0, 0.05) is 42.4 Å². The van der Waals surface area contributed by atoms with Gasteiger partial charge < -0.3 is 15.0 Å². The lowest BCUT2D eigenvalue weighted by Crippen LogP contribution is -2.28. The summed E-state index contributed by atoms with van der Waals surface area (Å²) in [7, 11) is 0. The van der Waals surface area contributed by atoms with E-state index in [1.54, 1.807) is 17.2 Å². The van der Waals surface area contributed by atoms with Gasteiger partial charge in [0.25, 0.3) is 11.5 Å². The van der Waals surface area contributed by atoms with Crippen molar-refractivity contribution < 1.29 is 4.79 Å². The van der Waals surface area contributed by atoms with Gasteiger partial charge in [-0.2, -0.15) is 0 Å². The molecule has 7 heteroatoms. The lowest BCUT2D eigenvalue weighted by Gasteiger charge is -2.15. The monoisotopic (exact) mass is 297 g/mol. The topological polar surface area (TPSA) is 97.6 Å². The van der Waals surface area contributed by atoms with Crippen LogP contribution >= 0.6 is 0 Å². The van der Waals surface area contributed by atoms with E-state index in [4.69, 9.17) is 0 Å². The summed E-state index contributed by atoms with van der Waals surface area (Å²) in [6.07, 6.45) is 2.54. The van der Waals surface area contributed by atoms with Crippen LogP contribution in [-0.4, -0.2) is 44.1 Å². The number of H-pyrrole nitrogens is 3. The summed E-state index contributed by atoms with van der Waals surface area (Å²) < 4.78 is 0. The molecule has 0 radical (unpaired) electrons. The minimum atomic E-state index is -0.138. The molecule has 3 aromatic heterocycles. The number of fused-ring (bicyclic) bond motifs is 1. The Bertz CT molecular complexity index is 857. The van der Waals surface area contributed by atoms with Gasteiger partial charge in [-0.3, -0.25) is 14.7 Å². The molecule has 4 heterocycles. The van der Waals surface area contributed by atoms with Crippen molar-refractivity contribution in [3.8, 4) is 0 Å². The van der Waals surface area contributed by atoms with Gasteiger partial charge in [-0.05, 0) is 24.6 Å². The molecule has 4 rings (SSSR count). The van der Waals surface area contributed by atoms with Crippen LogP contribution in [0, 0.1) is 0 Å². The summed E-state index contributed by atoms with van der Waals surface area (Å²) in [5.41, 5.74) is 1.99. The Balaban J connectivity index is 1.55. The van der Waals surface area contributed by atoms with Gasteiger partial charge in [0.05, 0.1) is 0 Å². The number of nitrogens with one attached hydrogen (secondary N) is 3. The highest BCUT2D eigenvalue weighted by molar-refractivity contribution is 5.97. The van der Waals surface area contributed by atoms with E-state index in [1.165, 1.54) is 0 Å². The van der Waals surface area contributed by atoms with Gasteiger partial charge in [-0.25, -0.2) is 4.98 Å². The predicted octanol–water partition coefficient (Wildman–Crippen LogP) is 1.21. The normalized spacial score (nSPS) is 18.2. The molecular weight excluding hydrogens is 282 g/mol. The highest BCUT2D eigenvalue weighted by atomic mass is 16.2. The first-order chi connectivity index (χ1) is 10.7. The van der Waals surface area contributed by atoms with Gasteiger partial charge >= 0.3 is 0 Å². The SMILES string of the molecule is O=C(c1cc2cccnc2[nH]1)N1CCC(c2cc(=O)[nH][nH]2)C1. The maximum absolute atomic E-state index is 12.6. The van der Waals surface area contributed by atoms with Crippen molar-refractivity contribution in [3.63, 3.8) is 0 Å². The van der Waals surface area contributed by atoms with Crippen LogP contribution in [0.15, 0.2) is 35.3 Å². The van der Waals surface area contributed by atoms with Gasteiger partial charge in [0.1, 0.15) is 11.3 Å². The second-order valence-corrected chi connectivity index (χ2v) is 5.57. The molecule has 0 aromatic carbocycles. The first-order valence-electron chi connectivity index (χ1n) is 7.21. The Kier molecular flexibility index (Phi) is 2.85. The van der Waals surface area contributed by atoms with E-state index in [9.17, 15) is 9.59 Å². The van der Waals surface area contributed by atoms with Crippen LogP contribution in [-0.2, 0) is 0 Å². The van der Waals surface area contributed by atoms with Crippen LogP contribution in [0.3, 0.4) is 0 Å². The summed E-state index contributed by atoms with van der Waals surface area (Å²) in [5.74, 6) is 0.142. The number of hydrogen-bond donors (Lipinski definition) is 3. The zero-order valence-corrected chi connectivity index (χ0v) is 11.8. The van der Waals surface area contributed by atoms with Crippen LogP contribution in [0.2, 0.25) is 0 Å². The molecule has 1 atom stereocenters. The van der Waals surface area contributed by atoms with Crippen molar-refractivity contribution in [1.82, 2.24) is 25.1 Å². The Morgan fingerprint density at radius 3 is 3.00 bits per heavy atom. The molecule has 1 saturated heterocycles. The molecular formula is C15H15N5O2. The number of hydrogen-bond acceptors (Lipinski definition) is 3. The number of nitrogens with zero attached hydrogens (tertiary/aromatic N) is 2. The number of pyridine rings is 1. The molecule has 1 aliphatic heterocycles. The Hall–Kier alpha value is -2.83. The molecule has 0 bridgehead atoms. The van der Waals surface area contributed by atoms with E-state index in [2.05, 4.69) is 20.2 Å². The smallest absolute Gasteiger partial charge is 0.270 e. The number of amides is 1. The number of likely N-dealkylation sites (tertiary alicyclic amines) is 1. The summed E-state index contributed by atoms with van der Waals surface area (Å²) >= 11 is 0. The predicted molar refractivity (Wildman–Crippen MR) is 80.8 cm³/mol. The van der Waals surface area contributed by atoms with E-state index in [1.807, 2.05) is 18.2 Å². The molecule has 1 amide bonds. The zero-order chi connectivity index (χ0) is 15.1. The number of aromatic amines is 3. The molecule has 1 fully saturated rings. The summed E-state index contributed by atoms with van der Waals surface area (Å²) in [6, 6.07) is 7.16. The van der Waals surface area contributed by atoms with Gasteiger partial charge in [0.15, 0.2) is 0 Å². The average molecular weight is 297 g/mol. The van der Waals surface area contributed by atoms with Gasteiger partial charge in [0.2, 0.25) is 0 Å². The molecule has 22 heavy (non-hydrogen) atoms. The van der Waals surface area contributed by atoms with Gasteiger partial charge in [-0.1, -0.05) is 0 Å². The third kappa shape index (κ3) is 2.11. The average Bonchev–Trinajstić information content (AvgIpc) is 3.24. The minimum absolute atomic E-state index is 0.0293. The molecule has 1 aliphatic rings. The maximum Gasteiger partial charge on any atom is 0.270 e. The number of rotatable bonds is 2. The maximum atomic E-state index is 12.6. The standard InChI is InChI=1S/C15H15N5O2/c21-13-7-11(18-19-13)10-3-5-20(8-10)15(22)12-6-9-2-1-4-16-14(9)17-12/h1-2,4,6-7,10H,3,5,8H2,(H,16,17)(H2,18,19,21). The fourth-order valence-corrected chi connectivity index (χ4v) is 3.01. The van der Waals surface area contributed by atoms with Crippen molar-refractivity contribution in [2.24, 2.45) is 0 Å². The van der Waals surface area contributed by atoms with Crippen molar-refractivity contribution >= 4 is 16.9 Å². The lowest BCUT2D eigenvalue weighted by atomic mass is 10.1. The fourth-order valence-electron chi connectivity index (χ4n) is 3.01. The van der Waals surface area contributed by atoms with Crippen LogP contribution in [0.25, 0.3) is 11.0 Å². The second kappa shape index (κ2) is 4.87. The van der Waals surface area contributed by atoms with Gasteiger partial charge in [-0.15, -0.1) is 0 Å². The Labute approximate surface area is 125 Å². The summed E-state index contributed by atoms with van der Waals surface area (Å²) in [6.45, 7) is 1.29. The minimum Gasteiger partial charge on any atom is -0.337 e. The Morgan fingerprint density at radius 2 is 2.23 bits per heavy atom. The summed E-state index contributed by atoms with van der Waals surface area (Å²) in [4.78, 5) is 32.9. The van der Waals surface area contributed by atoms with Crippen LogP contribution in [0.4, 0.5) is 0 Å². The lowest BCUT2D eigenvalue weighted by molar-refractivity contribution is 0.0786. The molecule has 1 unspecified atom stereocenters. The number of carbonyl (C=O) groups excluding carboxylic acids is 1. The first kappa shape index (κ1) is 12.9. The molecule has 7 nitrogen and oxygen atoms in total. The fraction of sp³-hybridized carbons (Fsp3) is 0.267. The second-order valence-electron chi connectivity index (χ2n) is 5.57. The van der Waals surface area contributed by atoms with Crippen LogP contribution in [0.5, 0.6) is 0 Å². The first-order valence-corrected chi connectivity index (χ1v) is 7.21. The van der Waals surface area contributed by atoms with Crippen molar-refractivity contribution in [3.05, 3.63) is 52.2 Å². The molecule has 3 aromatic rings. The molecule has 3 N–H and O–H groups in total. The van der Waals surface area contributed by atoms with E-state index < -0.39 is 0 Å². The van der Waals surface area contributed by atoms with E-state index >= 15 is 0 Å². The van der Waals surface area contributed by atoms with E-state index in [0.717, 1.165) is 23.1 Å². The number of aromatic nitrogens is 4. The highest BCUT2D eigenvalue weighted by Crippen LogP contribution is 2.26. The van der Waals surface area contributed by atoms with Crippen LogP contribution in [0.1, 0.15) is 28.5 Å². The highest BCUT2D eigenvalue weighted by Gasteiger charge is 2.29. The largest absolute Gasteiger partial charge is 0.337 e.